The van der Waals surface area contributed by atoms with Gasteiger partial charge < -0.3 is 4.90 Å². The van der Waals surface area contributed by atoms with Crippen molar-refractivity contribution in [3.8, 4) is 0 Å². The van der Waals surface area contributed by atoms with Crippen molar-refractivity contribution in [2.24, 2.45) is 5.92 Å². The summed E-state index contributed by atoms with van der Waals surface area (Å²) in [5.74, 6) is 0.675. The monoisotopic (exact) mass is 441 g/mol. The summed E-state index contributed by atoms with van der Waals surface area (Å²) in [6.07, 6.45) is 2.32. The molecule has 2 nitrogen and oxygen atoms in total. The molecule has 5 heteroatoms. The van der Waals surface area contributed by atoms with Gasteiger partial charge in [0.05, 0.1) is 5.02 Å². The minimum absolute atomic E-state index is 0.0475. The number of carbonyl (C=O) groups excluding carboxylic acids is 1. The van der Waals surface area contributed by atoms with Crippen LogP contribution in [0.2, 0.25) is 5.02 Å². The minimum Gasteiger partial charge on any atom is -0.341 e. The number of rotatable bonds is 3. The summed E-state index contributed by atoms with van der Waals surface area (Å²) in [5, 5.41) is 0.638. The topological polar surface area (TPSA) is 20.3 Å². The van der Waals surface area contributed by atoms with Crippen LogP contribution in [-0.4, -0.2) is 29.2 Å². The van der Waals surface area contributed by atoms with Crippen molar-refractivity contribution in [1.29, 1.82) is 0 Å². The molecule has 0 aliphatic heterocycles. The summed E-state index contributed by atoms with van der Waals surface area (Å²) in [7, 11) is 1.86. The van der Waals surface area contributed by atoms with Gasteiger partial charge in [-0.15, -0.1) is 0 Å². The van der Waals surface area contributed by atoms with Gasteiger partial charge in [-0.1, -0.05) is 27.5 Å². The minimum atomic E-state index is 0.0475. The SMILES string of the molecule is CN(CC1CC(Br)C1)C(=O)c1ccc(I)c(Cl)c1. The second-order valence-corrected chi connectivity index (χ2v) is 7.61. The fraction of sp³-hybridized carbons (Fsp3) is 0.462. The smallest absolute Gasteiger partial charge is 0.253 e. The van der Waals surface area contributed by atoms with E-state index in [4.69, 9.17) is 11.6 Å². The van der Waals surface area contributed by atoms with Gasteiger partial charge in [0.25, 0.3) is 5.91 Å². The molecule has 98 valence electrons. The third-order valence-corrected chi connectivity index (χ3v) is 5.54. The molecule has 18 heavy (non-hydrogen) atoms. The number of amides is 1. The van der Waals surface area contributed by atoms with Crippen LogP contribution >= 0.6 is 50.1 Å². The van der Waals surface area contributed by atoms with Gasteiger partial charge in [0.15, 0.2) is 0 Å². The average molecular weight is 443 g/mol. The molecule has 0 heterocycles. The number of alkyl halides is 1. The largest absolute Gasteiger partial charge is 0.341 e. The van der Waals surface area contributed by atoms with E-state index in [1.807, 2.05) is 19.2 Å². The van der Waals surface area contributed by atoms with Crippen LogP contribution in [0.5, 0.6) is 0 Å². The molecule has 0 saturated heterocycles. The van der Waals surface area contributed by atoms with Crippen molar-refractivity contribution < 1.29 is 4.79 Å². The fourth-order valence-corrected chi connectivity index (χ4v) is 3.70. The first-order chi connectivity index (χ1) is 8.47. The van der Waals surface area contributed by atoms with Crippen molar-refractivity contribution in [3.05, 3.63) is 32.4 Å². The molecule has 1 aromatic rings. The zero-order valence-corrected chi connectivity index (χ0v) is 14.5. The van der Waals surface area contributed by atoms with Crippen LogP contribution in [0.25, 0.3) is 0 Å². The summed E-state index contributed by atoms with van der Waals surface area (Å²) in [6.45, 7) is 0.824. The highest BCUT2D eigenvalue weighted by molar-refractivity contribution is 14.1. The Labute approximate surface area is 134 Å². The average Bonchev–Trinajstić information content (AvgIpc) is 2.29. The molecule has 1 saturated carbocycles. The van der Waals surface area contributed by atoms with E-state index in [1.165, 1.54) is 0 Å². The van der Waals surface area contributed by atoms with Crippen molar-refractivity contribution >= 4 is 56.0 Å². The van der Waals surface area contributed by atoms with Gasteiger partial charge in [-0.2, -0.15) is 0 Å². The maximum absolute atomic E-state index is 12.2. The molecule has 1 fully saturated rings. The van der Waals surface area contributed by atoms with E-state index in [9.17, 15) is 4.79 Å². The first-order valence-corrected chi connectivity index (χ1v) is 8.19. The Bertz CT molecular complexity index is 462. The van der Waals surface area contributed by atoms with Crippen molar-refractivity contribution in [3.63, 3.8) is 0 Å². The van der Waals surface area contributed by atoms with E-state index in [0.717, 1.165) is 23.0 Å². The Hall–Kier alpha value is 0.190. The fourth-order valence-electron chi connectivity index (χ4n) is 2.12. The van der Waals surface area contributed by atoms with Crippen molar-refractivity contribution in [1.82, 2.24) is 4.90 Å². The lowest BCUT2D eigenvalue weighted by atomic mass is 9.85. The van der Waals surface area contributed by atoms with Gasteiger partial charge in [-0.25, -0.2) is 0 Å². The molecule has 1 aliphatic rings. The van der Waals surface area contributed by atoms with E-state index in [2.05, 4.69) is 38.5 Å². The summed E-state index contributed by atoms with van der Waals surface area (Å²) >= 11 is 11.8. The van der Waals surface area contributed by atoms with Crippen molar-refractivity contribution in [2.75, 3.05) is 13.6 Å². The third-order valence-electron chi connectivity index (χ3n) is 3.22. The Morgan fingerprint density at radius 2 is 2.22 bits per heavy atom. The number of carbonyl (C=O) groups is 1. The number of hydrogen-bond donors (Lipinski definition) is 0. The standard InChI is InChI=1S/C13H14BrClINO/c1-17(7-8-4-10(14)5-8)13(18)9-2-3-12(16)11(15)6-9/h2-3,6,8,10H,4-5,7H2,1H3. The molecule has 0 aromatic heterocycles. The molecule has 1 aromatic carbocycles. The van der Waals surface area contributed by atoms with Gasteiger partial charge in [-0.3, -0.25) is 4.79 Å². The zero-order valence-electron chi connectivity index (χ0n) is 10.00. The van der Waals surface area contributed by atoms with E-state index < -0.39 is 0 Å². The van der Waals surface area contributed by atoms with Crippen LogP contribution in [0, 0.1) is 9.49 Å². The lowest BCUT2D eigenvalue weighted by Gasteiger charge is -2.34. The third kappa shape index (κ3) is 3.39. The van der Waals surface area contributed by atoms with E-state index in [1.54, 1.807) is 11.0 Å². The van der Waals surface area contributed by atoms with Gasteiger partial charge in [-0.05, 0) is 59.5 Å². The summed E-state index contributed by atoms with van der Waals surface area (Å²) < 4.78 is 0.967. The van der Waals surface area contributed by atoms with Gasteiger partial charge in [0.2, 0.25) is 0 Å². The molecule has 0 bridgehead atoms. The Morgan fingerprint density at radius 3 is 2.78 bits per heavy atom. The van der Waals surface area contributed by atoms with E-state index in [0.29, 0.717) is 21.3 Å². The predicted octanol–water partition coefficient (Wildman–Crippen LogP) is 4.19. The molecule has 0 unspecified atom stereocenters. The first-order valence-electron chi connectivity index (χ1n) is 5.82. The molecule has 2 rings (SSSR count). The van der Waals surface area contributed by atoms with Gasteiger partial charge in [0, 0.05) is 27.6 Å². The number of hydrogen-bond acceptors (Lipinski definition) is 1. The zero-order chi connectivity index (χ0) is 13.3. The van der Waals surface area contributed by atoms with Crippen LogP contribution in [0.4, 0.5) is 0 Å². The summed E-state index contributed by atoms with van der Waals surface area (Å²) in [4.78, 5) is 14.6. The molecule has 1 amide bonds. The molecule has 0 spiro atoms. The highest BCUT2D eigenvalue weighted by Gasteiger charge is 2.29. The molecular weight excluding hydrogens is 428 g/mol. The maximum atomic E-state index is 12.2. The Balaban J connectivity index is 1.99. The quantitative estimate of drug-likeness (QED) is 0.508. The predicted molar refractivity (Wildman–Crippen MR) is 86.6 cm³/mol. The second kappa shape index (κ2) is 6.09. The van der Waals surface area contributed by atoms with Crippen LogP contribution in [0.1, 0.15) is 23.2 Å². The lowest BCUT2D eigenvalue weighted by Crippen LogP contribution is -2.37. The van der Waals surface area contributed by atoms with Crippen molar-refractivity contribution in [2.45, 2.75) is 17.7 Å². The molecule has 0 radical (unpaired) electrons. The van der Waals surface area contributed by atoms with Crippen LogP contribution in [0.15, 0.2) is 18.2 Å². The highest BCUT2D eigenvalue weighted by Crippen LogP contribution is 2.33. The van der Waals surface area contributed by atoms with Crippen LogP contribution < -0.4 is 0 Å². The Kier molecular flexibility index (Phi) is 4.94. The summed E-state index contributed by atoms with van der Waals surface area (Å²) in [6, 6.07) is 5.46. The molecule has 1 aliphatic carbocycles. The van der Waals surface area contributed by atoms with Gasteiger partial charge >= 0.3 is 0 Å². The lowest BCUT2D eigenvalue weighted by molar-refractivity contribution is 0.0749. The highest BCUT2D eigenvalue weighted by atomic mass is 127. The number of nitrogens with zero attached hydrogens (tertiary/aromatic N) is 1. The van der Waals surface area contributed by atoms with E-state index >= 15 is 0 Å². The van der Waals surface area contributed by atoms with Crippen LogP contribution in [-0.2, 0) is 0 Å². The first kappa shape index (κ1) is 14.6. The molecule has 0 N–H and O–H groups in total. The molecular formula is C13H14BrClINO. The second-order valence-electron chi connectivity index (χ2n) is 4.75. The maximum Gasteiger partial charge on any atom is 0.253 e. The number of halogens is 3. The number of benzene rings is 1. The Morgan fingerprint density at radius 1 is 1.56 bits per heavy atom. The molecule has 0 atom stereocenters. The van der Waals surface area contributed by atoms with Crippen LogP contribution in [0.3, 0.4) is 0 Å². The normalized spacial score (nSPS) is 22.4. The summed E-state index contributed by atoms with van der Waals surface area (Å²) in [5.41, 5.74) is 0.664. The van der Waals surface area contributed by atoms with E-state index in [-0.39, 0.29) is 5.91 Å². The van der Waals surface area contributed by atoms with Gasteiger partial charge in [0.1, 0.15) is 0 Å².